The Morgan fingerprint density at radius 3 is 3.00 bits per heavy atom. The number of nitrogens with zero attached hydrogens (tertiary/aromatic N) is 2. The van der Waals surface area contributed by atoms with Gasteiger partial charge in [0.1, 0.15) is 11.5 Å². The average molecular weight is 323 g/mol. The number of furan rings is 1. The van der Waals surface area contributed by atoms with Gasteiger partial charge in [-0.1, -0.05) is 12.1 Å². The van der Waals surface area contributed by atoms with E-state index in [1.54, 1.807) is 13.0 Å². The third-order valence-corrected chi connectivity index (χ3v) is 4.36. The number of rotatable bonds is 5. The van der Waals surface area contributed by atoms with Crippen molar-refractivity contribution in [2.24, 2.45) is 5.92 Å². The molecule has 5 nitrogen and oxygen atoms in total. The number of hydrogen-bond acceptors (Lipinski definition) is 4. The summed E-state index contributed by atoms with van der Waals surface area (Å²) < 4.78 is 5.95. The van der Waals surface area contributed by atoms with Crippen molar-refractivity contribution < 1.29 is 9.21 Å². The smallest absolute Gasteiger partial charge is 0.216 e. The van der Waals surface area contributed by atoms with E-state index in [0.717, 1.165) is 49.7 Å². The van der Waals surface area contributed by atoms with Crippen molar-refractivity contribution in [1.29, 1.82) is 5.26 Å². The van der Waals surface area contributed by atoms with Gasteiger partial charge in [0.25, 0.3) is 0 Å². The van der Waals surface area contributed by atoms with Gasteiger partial charge >= 0.3 is 0 Å². The van der Waals surface area contributed by atoms with Crippen molar-refractivity contribution >= 4 is 5.91 Å². The van der Waals surface area contributed by atoms with Crippen LogP contribution in [0.1, 0.15) is 24.7 Å². The zero-order valence-corrected chi connectivity index (χ0v) is 13.8. The molecule has 1 aliphatic rings. The van der Waals surface area contributed by atoms with E-state index in [4.69, 9.17) is 4.42 Å². The summed E-state index contributed by atoms with van der Waals surface area (Å²) in [4.78, 5) is 13.3. The number of carbonyl (C=O) groups excluding carboxylic acids is 1. The van der Waals surface area contributed by atoms with Crippen molar-refractivity contribution in [3.8, 4) is 17.4 Å². The van der Waals surface area contributed by atoms with Gasteiger partial charge in [0.15, 0.2) is 0 Å². The lowest BCUT2D eigenvalue weighted by Crippen LogP contribution is -2.29. The molecule has 1 atom stereocenters. The Bertz CT molecular complexity index is 760. The normalized spacial score (nSPS) is 17.6. The molecule has 1 aromatic carbocycles. The minimum atomic E-state index is 0.0280. The molecule has 0 spiro atoms. The van der Waals surface area contributed by atoms with E-state index >= 15 is 0 Å². The Kier molecular flexibility index (Phi) is 4.97. The molecule has 2 heterocycles. The zero-order valence-electron chi connectivity index (χ0n) is 13.8. The molecule has 1 aliphatic heterocycles. The van der Waals surface area contributed by atoms with Crippen LogP contribution in [0.2, 0.25) is 0 Å². The zero-order chi connectivity index (χ0) is 16.9. The molecular weight excluding hydrogens is 302 g/mol. The Morgan fingerprint density at radius 2 is 2.21 bits per heavy atom. The van der Waals surface area contributed by atoms with Gasteiger partial charge in [-0.15, -0.1) is 0 Å². The largest absolute Gasteiger partial charge is 0.460 e. The lowest BCUT2D eigenvalue weighted by atomic mass is 10.1. The van der Waals surface area contributed by atoms with Crippen LogP contribution in [-0.4, -0.2) is 30.4 Å². The second-order valence-electron chi connectivity index (χ2n) is 6.25. The van der Waals surface area contributed by atoms with Crippen molar-refractivity contribution in [3.05, 3.63) is 47.7 Å². The van der Waals surface area contributed by atoms with Gasteiger partial charge in [-0.3, -0.25) is 9.69 Å². The van der Waals surface area contributed by atoms with E-state index in [1.165, 1.54) is 0 Å². The van der Waals surface area contributed by atoms with Gasteiger partial charge in [0.2, 0.25) is 5.91 Å². The number of benzene rings is 1. The van der Waals surface area contributed by atoms with E-state index in [1.807, 2.05) is 30.3 Å². The van der Waals surface area contributed by atoms with Crippen LogP contribution < -0.4 is 5.32 Å². The third-order valence-electron chi connectivity index (χ3n) is 4.36. The molecule has 0 unspecified atom stereocenters. The molecule has 1 fully saturated rings. The summed E-state index contributed by atoms with van der Waals surface area (Å²) in [7, 11) is 0. The summed E-state index contributed by atoms with van der Waals surface area (Å²) in [5.74, 6) is 2.16. The fraction of sp³-hybridized carbons (Fsp3) is 0.368. The lowest BCUT2D eigenvalue weighted by Gasteiger charge is -2.14. The van der Waals surface area contributed by atoms with E-state index in [0.29, 0.717) is 11.5 Å². The number of hydrogen-bond donors (Lipinski definition) is 1. The number of nitrogens with one attached hydrogen (secondary N) is 1. The summed E-state index contributed by atoms with van der Waals surface area (Å²) in [5.41, 5.74) is 1.45. The Morgan fingerprint density at radius 1 is 1.38 bits per heavy atom. The SMILES string of the molecule is CC(=O)NC[C@@H]1CCN(Cc2ccc(-c3ccccc3C#N)o2)C1. The highest BCUT2D eigenvalue weighted by molar-refractivity contribution is 5.72. The van der Waals surface area contributed by atoms with Crippen molar-refractivity contribution in [2.75, 3.05) is 19.6 Å². The highest BCUT2D eigenvalue weighted by Crippen LogP contribution is 2.27. The maximum Gasteiger partial charge on any atom is 0.216 e. The molecule has 0 radical (unpaired) electrons. The van der Waals surface area contributed by atoms with Gasteiger partial charge < -0.3 is 9.73 Å². The summed E-state index contributed by atoms with van der Waals surface area (Å²) >= 11 is 0. The standard InChI is InChI=1S/C19H21N3O2/c1-14(23)21-11-15-8-9-22(12-15)13-17-6-7-19(24-17)18-5-3-2-4-16(18)10-20/h2-7,15H,8-9,11-13H2,1H3,(H,21,23)/t15-/m0/s1. The summed E-state index contributed by atoms with van der Waals surface area (Å²) in [5, 5.41) is 12.1. The fourth-order valence-electron chi connectivity index (χ4n) is 3.13. The van der Waals surface area contributed by atoms with E-state index in [2.05, 4.69) is 16.3 Å². The van der Waals surface area contributed by atoms with Crippen LogP contribution in [0.3, 0.4) is 0 Å². The second-order valence-corrected chi connectivity index (χ2v) is 6.25. The maximum atomic E-state index is 11.0. The first-order valence-electron chi connectivity index (χ1n) is 8.20. The van der Waals surface area contributed by atoms with Gasteiger partial charge in [-0.2, -0.15) is 5.26 Å². The molecule has 3 rings (SSSR count). The summed E-state index contributed by atoms with van der Waals surface area (Å²) in [6, 6.07) is 13.6. The highest BCUT2D eigenvalue weighted by Gasteiger charge is 2.23. The molecule has 5 heteroatoms. The molecule has 0 bridgehead atoms. The van der Waals surface area contributed by atoms with Crippen LogP contribution in [0, 0.1) is 17.2 Å². The topological polar surface area (TPSA) is 69.3 Å². The molecule has 124 valence electrons. The van der Waals surface area contributed by atoms with Crippen LogP contribution in [0.25, 0.3) is 11.3 Å². The summed E-state index contributed by atoms with van der Waals surface area (Å²) in [6.07, 6.45) is 1.09. The molecule has 1 N–H and O–H groups in total. The molecule has 1 saturated heterocycles. The highest BCUT2D eigenvalue weighted by atomic mass is 16.3. The lowest BCUT2D eigenvalue weighted by molar-refractivity contribution is -0.119. The molecule has 0 aliphatic carbocycles. The molecular formula is C19H21N3O2. The van der Waals surface area contributed by atoms with Gasteiger partial charge in [-0.25, -0.2) is 0 Å². The van der Waals surface area contributed by atoms with Crippen molar-refractivity contribution in [1.82, 2.24) is 10.2 Å². The van der Waals surface area contributed by atoms with Crippen LogP contribution in [0.5, 0.6) is 0 Å². The van der Waals surface area contributed by atoms with Gasteiger partial charge in [0, 0.05) is 25.6 Å². The van der Waals surface area contributed by atoms with E-state index in [-0.39, 0.29) is 5.91 Å². The average Bonchev–Trinajstić information content (AvgIpc) is 3.23. The van der Waals surface area contributed by atoms with Crippen molar-refractivity contribution in [2.45, 2.75) is 19.9 Å². The molecule has 0 saturated carbocycles. The Balaban J connectivity index is 1.61. The number of nitriles is 1. The monoisotopic (exact) mass is 323 g/mol. The Labute approximate surface area is 141 Å². The van der Waals surface area contributed by atoms with Gasteiger partial charge in [0.05, 0.1) is 18.2 Å². The summed E-state index contributed by atoms with van der Waals surface area (Å²) in [6.45, 7) is 5.02. The van der Waals surface area contributed by atoms with Crippen molar-refractivity contribution in [3.63, 3.8) is 0 Å². The van der Waals surface area contributed by atoms with Crippen LogP contribution >= 0.6 is 0 Å². The predicted molar refractivity (Wildman–Crippen MR) is 90.9 cm³/mol. The first-order chi connectivity index (χ1) is 11.7. The van der Waals surface area contributed by atoms with Crippen LogP contribution in [0.15, 0.2) is 40.8 Å². The van der Waals surface area contributed by atoms with Crippen LogP contribution in [0.4, 0.5) is 0 Å². The molecule has 1 aromatic heterocycles. The number of amides is 1. The number of likely N-dealkylation sites (tertiary alicyclic amines) is 1. The third kappa shape index (κ3) is 3.84. The molecule has 2 aromatic rings. The first-order valence-corrected chi connectivity index (χ1v) is 8.20. The predicted octanol–water partition coefficient (Wildman–Crippen LogP) is 2.78. The van der Waals surface area contributed by atoms with E-state index in [9.17, 15) is 10.1 Å². The Hall–Kier alpha value is -2.58. The van der Waals surface area contributed by atoms with Gasteiger partial charge in [-0.05, 0) is 43.1 Å². The quantitative estimate of drug-likeness (QED) is 0.918. The molecule has 1 amide bonds. The minimum absolute atomic E-state index is 0.0280. The number of carbonyl (C=O) groups is 1. The fourth-order valence-corrected chi connectivity index (χ4v) is 3.13. The van der Waals surface area contributed by atoms with E-state index < -0.39 is 0 Å². The maximum absolute atomic E-state index is 11.0. The molecule has 24 heavy (non-hydrogen) atoms. The first kappa shape index (κ1) is 16.3. The van der Waals surface area contributed by atoms with Crippen LogP contribution in [-0.2, 0) is 11.3 Å². The minimum Gasteiger partial charge on any atom is -0.460 e. The second kappa shape index (κ2) is 7.33.